The molecule has 0 radical (unpaired) electrons. The van der Waals surface area contributed by atoms with Crippen molar-refractivity contribution in [3.05, 3.63) is 11.5 Å². The van der Waals surface area contributed by atoms with E-state index in [9.17, 15) is 13.2 Å². The average molecular weight is 264 g/mol. The minimum absolute atomic E-state index is 0.437. The van der Waals surface area contributed by atoms with E-state index < -0.39 is 27.8 Å². The van der Waals surface area contributed by atoms with Gasteiger partial charge in [-0.25, -0.2) is 17.9 Å². The second kappa shape index (κ2) is 6.02. The lowest BCUT2D eigenvalue weighted by atomic mass is 10.2. The summed E-state index contributed by atoms with van der Waals surface area (Å²) < 4.78 is 29.3. The molecule has 0 aromatic rings. The fraction of sp³-hybridized carbons (Fsp3) is 0.700. The lowest BCUT2D eigenvalue weighted by Gasteiger charge is -2.20. The lowest BCUT2D eigenvalue weighted by molar-refractivity contribution is 0.0518. The molecule has 1 atom stereocenters. The Morgan fingerprint density at radius 1 is 1.35 bits per heavy atom. The monoisotopic (exact) mass is 264 g/mol. The highest BCUT2D eigenvalue weighted by molar-refractivity contribution is 7.92. The quantitative estimate of drug-likeness (QED) is 0.792. The highest BCUT2D eigenvalue weighted by Crippen LogP contribution is 2.06. The first-order valence-corrected chi connectivity index (χ1v) is 6.71. The number of carbonyl (C=O) groups is 1. The van der Waals surface area contributed by atoms with E-state index in [2.05, 4.69) is 10.0 Å². The van der Waals surface area contributed by atoms with Crippen LogP contribution >= 0.6 is 0 Å². The summed E-state index contributed by atoms with van der Waals surface area (Å²) in [5.41, 5.74) is -0.579. The lowest BCUT2D eigenvalue weighted by Crippen LogP contribution is -2.36. The molecule has 0 fully saturated rings. The summed E-state index contributed by atoms with van der Waals surface area (Å²) in [5, 5.41) is 3.49. The molecule has 6 nitrogen and oxygen atoms in total. The smallest absolute Gasteiger partial charge is 0.408 e. The highest BCUT2D eigenvalue weighted by Gasteiger charge is 2.16. The van der Waals surface area contributed by atoms with Crippen LogP contribution in [0.25, 0.3) is 0 Å². The third-order valence-corrected chi connectivity index (χ3v) is 2.66. The molecule has 0 rings (SSSR count). The van der Waals surface area contributed by atoms with E-state index in [0.717, 1.165) is 5.41 Å². The van der Waals surface area contributed by atoms with Crippen molar-refractivity contribution in [2.45, 2.75) is 39.3 Å². The number of hydrogen-bond donors (Lipinski definition) is 2. The minimum Gasteiger partial charge on any atom is -0.444 e. The summed E-state index contributed by atoms with van der Waals surface area (Å²) in [4.78, 5) is 11.3. The van der Waals surface area contributed by atoms with E-state index in [1.165, 1.54) is 13.1 Å². The minimum atomic E-state index is -3.41. The molecule has 0 spiro atoms. The second-order valence-corrected chi connectivity index (χ2v) is 6.28. The van der Waals surface area contributed by atoms with Crippen LogP contribution in [-0.4, -0.2) is 33.2 Å². The third kappa shape index (κ3) is 8.70. The maximum atomic E-state index is 11.3. The van der Waals surface area contributed by atoms with E-state index in [1.54, 1.807) is 27.7 Å². The van der Waals surface area contributed by atoms with Crippen molar-refractivity contribution in [3.8, 4) is 0 Å². The molecule has 0 saturated heterocycles. The second-order valence-electron chi connectivity index (χ2n) is 4.51. The van der Waals surface area contributed by atoms with Gasteiger partial charge in [0.25, 0.3) is 0 Å². The number of alkyl carbamates (subject to hydrolysis) is 1. The molecule has 0 unspecified atom stereocenters. The average Bonchev–Trinajstić information content (AvgIpc) is 2.12. The molecule has 0 aromatic heterocycles. The summed E-state index contributed by atoms with van der Waals surface area (Å²) in [6, 6.07) is -0.437. The van der Waals surface area contributed by atoms with E-state index in [1.807, 2.05) is 0 Å². The van der Waals surface area contributed by atoms with Crippen molar-refractivity contribution in [3.63, 3.8) is 0 Å². The number of amides is 1. The van der Waals surface area contributed by atoms with Gasteiger partial charge < -0.3 is 10.1 Å². The van der Waals surface area contributed by atoms with E-state index in [0.29, 0.717) is 0 Å². The largest absolute Gasteiger partial charge is 0.444 e. The maximum Gasteiger partial charge on any atom is 0.408 e. The number of carbonyl (C=O) groups excluding carboxylic acids is 1. The molecule has 2 N–H and O–H groups in total. The molecular weight excluding hydrogens is 244 g/mol. The van der Waals surface area contributed by atoms with E-state index in [4.69, 9.17) is 4.74 Å². The number of rotatable bonds is 4. The van der Waals surface area contributed by atoms with Crippen LogP contribution in [-0.2, 0) is 14.8 Å². The van der Waals surface area contributed by atoms with Gasteiger partial charge in [-0.3, -0.25) is 0 Å². The number of hydrogen-bond acceptors (Lipinski definition) is 4. The van der Waals surface area contributed by atoms with Crippen LogP contribution in [0.3, 0.4) is 0 Å². The number of sulfonamides is 1. The molecule has 0 heterocycles. The Kier molecular flexibility index (Phi) is 5.63. The molecule has 0 saturated carbocycles. The molecule has 17 heavy (non-hydrogen) atoms. The molecule has 100 valence electrons. The molecule has 7 heteroatoms. The van der Waals surface area contributed by atoms with Crippen LogP contribution in [0.1, 0.15) is 27.7 Å². The fourth-order valence-electron chi connectivity index (χ4n) is 0.831. The highest BCUT2D eigenvalue weighted by atomic mass is 32.2. The predicted octanol–water partition coefficient (Wildman–Crippen LogP) is 0.962. The first-order valence-electron chi connectivity index (χ1n) is 5.17. The van der Waals surface area contributed by atoms with Gasteiger partial charge in [0.05, 0.1) is 0 Å². The fourth-order valence-corrected chi connectivity index (χ4v) is 1.41. The Balaban J connectivity index is 4.29. The van der Waals surface area contributed by atoms with Crippen molar-refractivity contribution in [2.24, 2.45) is 0 Å². The van der Waals surface area contributed by atoms with Crippen molar-refractivity contribution < 1.29 is 17.9 Å². The van der Waals surface area contributed by atoms with E-state index in [-0.39, 0.29) is 0 Å². The van der Waals surface area contributed by atoms with Gasteiger partial charge in [0.15, 0.2) is 0 Å². The van der Waals surface area contributed by atoms with Gasteiger partial charge in [-0.2, -0.15) is 0 Å². The van der Waals surface area contributed by atoms with Gasteiger partial charge in [0.1, 0.15) is 5.60 Å². The molecule has 0 aliphatic carbocycles. The predicted molar refractivity (Wildman–Crippen MR) is 66.0 cm³/mol. The standard InChI is InChI=1S/C10H20N2O4S/c1-8(6-7-17(14,15)11-5)12-9(13)16-10(2,3)4/h6-8,11H,1-5H3,(H,12,13)/b7-6+/t8-/m0/s1. The molecule has 0 aliphatic rings. The third-order valence-electron chi connectivity index (χ3n) is 1.58. The normalized spacial score (nSPS) is 14.6. The van der Waals surface area contributed by atoms with Crippen LogP contribution in [0.5, 0.6) is 0 Å². The van der Waals surface area contributed by atoms with Crippen molar-refractivity contribution >= 4 is 16.1 Å². The zero-order valence-corrected chi connectivity index (χ0v) is 11.6. The zero-order chi connectivity index (χ0) is 13.7. The van der Waals surface area contributed by atoms with Gasteiger partial charge in [0, 0.05) is 11.4 Å². The zero-order valence-electron chi connectivity index (χ0n) is 10.8. The van der Waals surface area contributed by atoms with Gasteiger partial charge in [0.2, 0.25) is 10.0 Å². The van der Waals surface area contributed by atoms with Gasteiger partial charge in [-0.15, -0.1) is 0 Å². The van der Waals surface area contributed by atoms with Crippen LogP contribution in [0.2, 0.25) is 0 Å². The summed E-state index contributed by atoms with van der Waals surface area (Å²) in [6.45, 7) is 6.89. The Morgan fingerprint density at radius 2 is 1.88 bits per heavy atom. The molecule has 0 aliphatic heterocycles. The van der Waals surface area contributed by atoms with E-state index >= 15 is 0 Å². The first kappa shape index (κ1) is 15.9. The summed E-state index contributed by atoms with van der Waals surface area (Å²) >= 11 is 0. The van der Waals surface area contributed by atoms with Gasteiger partial charge in [-0.05, 0) is 40.8 Å². The van der Waals surface area contributed by atoms with Gasteiger partial charge >= 0.3 is 6.09 Å². The SMILES string of the molecule is CNS(=O)(=O)/C=C/[C@H](C)NC(=O)OC(C)(C)C. The van der Waals surface area contributed by atoms with Crippen LogP contribution < -0.4 is 10.0 Å². The summed E-state index contributed by atoms with van der Waals surface area (Å²) in [5.74, 6) is 0. The molecule has 0 bridgehead atoms. The Bertz CT molecular complexity index is 382. The van der Waals surface area contributed by atoms with Crippen LogP contribution in [0.15, 0.2) is 11.5 Å². The number of ether oxygens (including phenoxy) is 1. The summed E-state index contributed by atoms with van der Waals surface area (Å²) in [6.07, 6.45) is 0.770. The topological polar surface area (TPSA) is 84.5 Å². The molecule has 1 amide bonds. The van der Waals surface area contributed by atoms with Crippen LogP contribution in [0.4, 0.5) is 4.79 Å². The molecule has 0 aromatic carbocycles. The maximum absolute atomic E-state index is 11.3. The number of nitrogens with one attached hydrogen (secondary N) is 2. The van der Waals surface area contributed by atoms with Gasteiger partial charge in [-0.1, -0.05) is 0 Å². The van der Waals surface area contributed by atoms with Crippen molar-refractivity contribution in [1.82, 2.24) is 10.0 Å². The van der Waals surface area contributed by atoms with Crippen molar-refractivity contribution in [2.75, 3.05) is 7.05 Å². The molecular formula is C10H20N2O4S. The summed E-state index contributed by atoms with van der Waals surface area (Å²) in [7, 11) is -2.10. The Labute approximate surface area is 102 Å². The Hall–Kier alpha value is -1.08. The first-order chi connectivity index (χ1) is 7.56. The van der Waals surface area contributed by atoms with Crippen LogP contribution in [0, 0.1) is 0 Å². The Morgan fingerprint density at radius 3 is 2.29 bits per heavy atom. The van der Waals surface area contributed by atoms with Crippen molar-refractivity contribution in [1.29, 1.82) is 0 Å².